The Hall–Kier alpha value is -0.830. The molecule has 52 valence electrons. The first kappa shape index (κ1) is 7.28. The summed E-state index contributed by atoms with van der Waals surface area (Å²) in [6.07, 6.45) is 2.80. The molecule has 0 saturated carbocycles. The van der Waals surface area contributed by atoms with Crippen molar-refractivity contribution in [3.8, 4) is 0 Å². The maximum absolute atomic E-state index is 10.7. The lowest BCUT2D eigenvalue weighted by atomic mass is 10.3. The van der Waals surface area contributed by atoms with Crippen LogP contribution in [0.5, 0.6) is 0 Å². The zero-order chi connectivity index (χ0) is 7.56. The molecule has 0 bridgehead atoms. The molecule has 0 saturated heterocycles. The van der Waals surface area contributed by atoms with E-state index in [-0.39, 0.29) is 5.63 Å². The molecule has 1 rings (SSSR count). The maximum atomic E-state index is 10.7. The summed E-state index contributed by atoms with van der Waals surface area (Å²) >= 11 is 3.16. The quantitative estimate of drug-likeness (QED) is 0.695. The van der Waals surface area contributed by atoms with Gasteiger partial charge in [-0.15, -0.1) is 0 Å². The third-order valence-electron chi connectivity index (χ3n) is 1.03. The van der Waals surface area contributed by atoms with E-state index in [4.69, 9.17) is 0 Å². The molecule has 0 fully saturated rings. The molecule has 0 amide bonds. The van der Waals surface area contributed by atoms with Crippen LogP contribution in [-0.2, 0) is 0 Å². The first-order valence-corrected chi connectivity index (χ1v) is 3.44. The van der Waals surface area contributed by atoms with E-state index < -0.39 is 0 Å². The van der Waals surface area contributed by atoms with Gasteiger partial charge in [-0.05, 0) is 22.0 Å². The summed E-state index contributed by atoms with van der Waals surface area (Å²) in [5, 5.41) is 0. The van der Waals surface area contributed by atoms with Crippen molar-refractivity contribution in [3.63, 3.8) is 0 Å². The topological polar surface area (TPSA) is 30.2 Å². The summed E-state index contributed by atoms with van der Waals surface area (Å²) in [4.78, 5) is 10.7. The summed E-state index contributed by atoms with van der Waals surface area (Å²) in [5.41, 5.74) is 0.104. The Morgan fingerprint density at radius 2 is 2.40 bits per heavy atom. The minimum atomic E-state index is -0.363. The molecule has 0 aliphatic rings. The summed E-state index contributed by atoms with van der Waals surface area (Å²) in [6, 6.07) is 1.65. The molecule has 1 aromatic rings. The lowest BCUT2D eigenvalue weighted by molar-refractivity contribution is 0.506. The average molecular weight is 201 g/mol. The first-order chi connectivity index (χ1) is 4.74. The second-order valence-corrected chi connectivity index (χ2v) is 2.63. The van der Waals surface area contributed by atoms with Gasteiger partial charge in [0.25, 0.3) is 0 Å². The normalized spacial score (nSPS) is 9.30. The predicted octanol–water partition coefficient (Wildman–Crippen LogP) is 2.05. The lowest BCUT2D eigenvalue weighted by Crippen LogP contribution is -2.00. The van der Waals surface area contributed by atoms with Crippen LogP contribution in [0.1, 0.15) is 5.56 Å². The minimum absolute atomic E-state index is 0.363. The Bertz CT molecular complexity index is 301. The lowest BCUT2D eigenvalue weighted by Gasteiger charge is -1.89. The van der Waals surface area contributed by atoms with Gasteiger partial charge in [0.15, 0.2) is 0 Å². The van der Waals surface area contributed by atoms with Crippen LogP contribution < -0.4 is 5.63 Å². The van der Waals surface area contributed by atoms with Crippen LogP contribution in [0.15, 0.2) is 32.6 Å². The fraction of sp³-hybridized carbons (Fsp3) is 0. The summed E-state index contributed by atoms with van der Waals surface area (Å²) < 4.78 is 5.34. The predicted molar refractivity (Wildman–Crippen MR) is 42.8 cm³/mol. The Labute approximate surface area is 66.3 Å². The van der Waals surface area contributed by atoms with Crippen LogP contribution in [0.2, 0.25) is 0 Å². The van der Waals surface area contributed by atoms with Crippen molar-refractivity contribution in [2.24, 2.45) is 0 Å². The molecule has 10 heavy (non-hydrogen) atoms. The van der Waals surface area contributed by atoms with E-state index in [1.165, 1.54) is 12.3 Å². The largest absolute Gasteiger partial charge is 0.430 e. The van der Waals surface area contributed by atoms with E-state index in [1.807, 2.05) is 0 Å². The van der Waals surface area contributed by atoms with Gasteiger partial charge < -0.3 is 4.42 Å². The van der Waals surface area contributed by atoms with E-state index in [2.05, 4.69) is 26.9 Å². The van der Waals surface area contributed by atoms with Gasteiger partial charge in [-0.2, -0.15) is 0 Å². The molecule has 0 radical (unpaired) electrons. The number of halogens is 1. The van der Waals surface area contributed by atoms with Crippen LogP contribution in [0.3, 0.4) is 0 Å². The monoisotopic (exact) mass is 200 g/mol. The van der Waals surface area contributed by atoms with E-state index in [0.29, 0.717) is 5.56 Å². The molecular weight excluding hydrogens is 196 g/mol. The molecule has 1 aromatic heterocycles. The number of hydrogen-bond acceptors (Lipinski definition) is 2. The number of rotatable bonds is 1. The third kappa shape index (κ3) is 1.36. The van der Waals surface area contributed by atoms with Crippen LogP contribution >= 0.6 is 15.9 Å². The van der Waals surface area contributed by atoms with E-state index >= 15 is 0 Å². The fourth-order valence-electron chi connectivity index (χ4n) is 0.562. The zero-order valence-electron chi connectivity index (χ0n) is 5.13. The molecule has 0 aromatic carbocycles. The van der Waals surface area contributed by atoms with Gasteiger partial charge in [-0.3, -0.25) is 0 Å². The van der Waals surface area contributed by atoms with Crippen molar-refractivity contribution in [2.45, 2.75) is 0 Å². The van der Waals surface area contributed by atoms with Crippen molar-refractivity contribution in [1.29, 1.82) is 0 Å². The van der Waals surface area contributed by atoms with Gasteiger partial charge in [0, 0.05) is 0 Å². The molecule has 3 heteroatoms. The SMILES string of the molecule is C=Cc1cc(Br)coc1=O. The second kappa shape index (κ2) is 2.84. The van der Waals surface area contributed by atoms with Gasteiger partial charge in [0.2, 0.25) is 0 Å². The minimum Gasteiger partial charge on any atom is -0.430 e. The fourth-order valence-corrected chi connectivity index (χ4v) is 0.902. The van der Waals surface area contributed by atoms with Gasteiger partial charge in [-0.1, -0.05) is 12.7 Å². The van der Waals surface area contributed by atoms with Gasteiger partial charge in [0.05, 0.1) is 10.0 Å². The molecule has 0 N–H and O–H groups in total. The van der Waals surface area contributed by atoms with Crippen molar-refractivity contribution in [1.82, 2.24) is 0 Å². The Balaban J connectivity index is 3.35. The molecule has 0 atom stereocenters. The first-order valence-electron chi connectivity index (χ1n) is 2.65. The molecule has 0 unspecified atom stereocenters. The van der Waals surface area contributed by atoms with Crippen molar-refractivity contribution in [3.05, 3.63) is 39.4 Å². The van der Waals surface area contributed by atoms with E-state index in [9.17, 15) is 4.79 Å². The summed E-state index contributed by atoms with van der Waals surface area (Å²) in [7, 11) is 0. The average Bonchev–Trinajstić information content (AvgIpc) is 1.94. The van der Waals surface area contributed by atoms with Crippen molar-refractivity contribution >= 4 is 22.0 Å². The van der Waals surface area contributed by atoms with Gasteiger partial charge in [0.1, 0.15) is 6.26 Å². The molecule has 1 heterocycles. The molecule has 0 spiro atoms. The van der Waals surface area contributed by atoms with Crippen LogP contribution in [0.4, 0.5) is 0 Å². The standard InChI is InChI=1S/C7H5BrO2/c1-2-5-3-6(8)4-10-7(5)9/h2-4H,1H2. The highest BCUT2D eigenvalue weighted by Crippen LogP contribution is 2.08. The highest BCUT2D eigenvalue weighted by atomic mass is 79.9. The Morgan fingerprint density at radius 3 is 2.90 bits per heavy atom. The van der Waals surface area contributed by atoms with Crippen LogP contribution in [0, 0.1) is 0 Å². The summed E-state index contributed by atoms with van der Waals surface area (Å²) in [5.74, 6) is 0. The van der Waals surface area contributed by atoms with E-state index in [1.54, 1.807) is 6.07 Å². The smallest absolute Gasteiger partial charge is 0.342 e. The molecule has 0 aliphatic carbocycles. The zero-order valence-corrected chi connectivity index (χ0v) is 6.72. The second-order valence-electron chi connectivity index (χ2n) is 1.71. The van der Waals surface area contributed by atoms with Gasteiger partial charge in [-0.25, -0.2) is 4.79 Å². The van der Waals surface area contributed by atoms with E-state index in [0.717, 1.165) is 4.47 Å². The molecule has 2 nitrogen and oxygen atoms in total. The third-order valence-corrected chi connectivity index (χ3v) is 1.44. The van der Waals surface area contributed by atoms with Crippen molar-refractivity contribution in [2.75, 3.05) is 0 Å². The van der Waals surface area contributed by atoms with Crippen LogP contribution in [0.25, 0.3) is 6.08 Å². The highest BCUT2D eigenvalue weighted by Gasteiger charge is 1.95. The molecule has 0 aliphatic heterocycles. The van der Waals surface area contributed by atoms with Crippen LogP contribution in [-0.4, -0.2) is 0 Å². The maximum Gasteiger partial charge on any atom is 0.342 e. The van der Waals surface area contributed by atoms with Crippen molar-refractivity contribution < 1.29 is 4.42 Å². The highest BCUT2D eigenvalue weighted by molar-refractivity contribution is 9.10. The van der Waals surface area contributed by atoms with Gasteiger partial charge >= 0.3 is 5.63 Å². The Kier molecular flexibility index (Phi) is 2.06. The number of hydrogen-bond donors (Lipinski definition) is 0. The molecular formula is C7H5BrO2. The Morgan fingerprint density at radius 1 is 1.70 bits per heavy atom. The summed E-state index contributed by atoms with van der Waals surface area (Å²) in [6.45, 7) is 3.45.